The first-order valence-electron chi connectivity index (χ1n) is 13.5. The number of halogens is 2. The standard InChI is InChI=1S/C30H31Cl2N5O2/c1-17(30(38)39)23-13-20(36-11-9-33-10-12-36)5-6-22(23)25-14-27-26(15-34-25)35-16-37(27)18(2)28-24(31)8-7-21(29(28)32)19-3-4-19/h5-8,13-19,33H,3-4,9-12H2,1-2H3,(H,38,39)/t17?,18-/m1/s1. The largest absolute Gasteiger partial charge is 0.481 e. The number of rotatable bonds is 7. The van der Waals surface area contributed by atoms with Crippen LogP contribution in [0.5, 0.6) is 0 Å². The second-order valence-electron chi connectivity index (χ2n) is 10.6. The van der Waals surface area contributed by atoms with Gasteiger partial charge in [-0.2, -0.15) is 0 Å². The third-order valence-electron chi connectivity index (χ3n) is 8.10. The van der Waals surface area contributed by atoms with Crippen molar-refractivity contribution in [3.63, 3.8) is 0 Å². The Bertz CT molecular complexity index is 1560. The maximum absolute atomic E-state index is 12.1. The Morgan fingerprint density at radius 2 is 1.85 bits per heavy atom. The summed E-state index contributed by atoms with van der Waals surface area (Å²) >= 11 is 13.6. The summed E-state index contributed by atoms with van der Waals surface area (Å²) in [4.78, 5) is 23.7. The van der Waals surface area contributed by atoms with Crippen molar-refractivity contribution in [1.82, 2.24) is 19.9 Å². The van der Waals surface area contributed by atoms with E-state index in [2.05, 4.69) is 32.8 Å². The average Bonchev–Trinajstić information content (AvgIpc) is 3.70. The molecule has 7 nitrogen and oxygen atoms in total. The second-order valence-corrected chi connectivity index (χ2v) is 11.4. The third-order valence-corrected chi connectivity index (χ3v) is 8.85. The number of nitrogens with one attached hydrogen (secondary N) is 1. The van der Waals surface area contributed by atoms with Gasteiger partial charge in [-0.25, -0.2) is 4.98 Å². The fourth-order valence-corrected chi connectivity index (χ4v) is 6.44. The molecule has 0 radical (unpaired) electrons. The van der Waals surface area contributed by atoms with E-state index in [1.807, 2.05) is 30.3 Å². The second kappa shape index (κ2) is 10.5. The van der Waals surface area contributed by atoms with Crippen molar-refractivity contribution in [3.8, 4) is 11.3 Å². The molecule has 0 spiro atoms. The molecule has 1 unspecified atom stereocenters. The van der Waals surface area contributed by atoms with Gasteiger partial charge in [0.2, 0.25) is 0 Å². The molecule has 1 saturated heterocycles. The molecule has 2 atom stereocenters. The molecule has 2 aromatic heterocycles. The van der Waals surface area contributed by atoms with Crippen LogP contribution in [0.4, 0.5) is 5.69 Å². The SMILES string of the molecule is CC(C(=O)O)c1cc(N2CCNCC2)ccc1-c1cc2c(cn1)ncn2[C@H](C)c1c(Cl)ccc(C2CC2)c1Cl. The molecule has 39 heavy (non-hydrogen) atoms. The van der Waals surface area contributed by atoms with Crippen LogP contribution >= 0.6 is 23.2 Å². The highest BCUT2D eigenvalue weighted by Gasteiger charge is 2.29. The van der Waals surface area contributed by atoms with Crippen molar-refractivity contribution < 1.29 is 9.90 Å². The van der Waals surface area contributed by atoms with Crippen LogP contribution in [0.1, 0.15) is 61.3 Å². The molecule has 202 valence electrons. The van der Waals surface area contributed by atoms with Gasteiger partial charge in [0.05, 0.1) is 40.7 Å². The Labute approximate surface area is 237 Å². The fraction of sp³-hybridized carbons (Fsp3) is 0.367. The lowest BCUT2D eigenvalue weighted by Crippen LogP contribution is -2.43. The average molecular weight is 565 g/mol. The van der Waals surface area contributed by atoms with Gasteiger partial charge in [-0.15, -0.1) is 0 Å². The Kier molecular flexibility index (Phi) is 7.00. The summed E-state index contributed by atoms with van der Waals surface area (Å²) in [5.74, 6) is -1.05. The lowest BCUT2D eigenvalue weighted by atomic mass is 9.92. The van der Waals surface area contributed by atoms with Gasteiger partial charge in [0.15, 0.2) is 0 Å². The highest BCUT2D eigenvalue weighted by molar-refractivity contribution is 6.36. The van der Waals surface area contributed by atoms with Gasteiger partial charge >= 0.3 is 5.97 Å². The van der Waals surface area contributed by atoms with Crippen molar-refractivity contribution >= 4 is 45.9 Å². The smallest absolute Gasteiger partial charge is 0.310 e. The molecule has 4 aromatic rings. The van der Waals surface area contributed by atoms with Gasteiger partial charge in [0, 0.05) is 48.0 Å². The van der Waals surface area contributed by atoms with E-state index in [0.717, 1.165) is 83.0 Å². The quantitative estimate of drug-likeness (QED) is 0.267. The van der Waals surface area contributed by atoms with E-state index < -0.39 is 11.9 Å². The molecular weight excluding hydrogens is 533 g/mol. The van der Waals surface area contributed by atoms with Gasteiger partial charge in [0.1, 0.15) is 5.52 Å². The predicted octanol–water partition coefficient (Wildman–Crippen LogP) is 6.49. The van der Waals surface area contributed by atoms with E-state index in [9.17, 15) is 9.90 Å². The molecule has 1 saturated carbocycles. The molecule has 2 fully saturated rings. The number of nitrogens with zero attached hydrogens (tertiary/aromatic N) is 4. The van der Waals surface area contributed by atoms with Crippen LogP contribution in [0.25, 0.3) is 22.3 Å². The number of aromatic nitrogens is 3. The summed E-state index contributed by atoms with van der Waals surface area (Å²) in [6.45, 7) is 7.38. The molecule has 1 aliphatic heterocycles. The monoisotopic (exact) mass is 563 g/mol. The molecule has 3 heterocycles. The fourth-order valence-electron chi connectivity index (χ4n) is 5.60. The number of pyridine rings is 1. The predicted molar refractivity (Wildman–Crippen MR) is 156 cm³/mol. The number of aliphatic carboxylic acids is 1. The summed E-state index contributed by atoms with van der Waals surface area (Å²) in [7, 11) is 0. The lowest BCUT2D eigenvalue weighted by molar-refractivity contribution is -0.138. The van der Waals surface area contributed by atoms with Crippen LogP contribution in [-0.4, -0.2) is 51.8 Å². The third kappa shape index (κ3) is 4.88. The Balaban J connectivity index is 1.43. The van der Waals surface area contributed by atoms with Gasteiger partial charge in [-0.05, 0) is 68.0 Å². The van der Waals surface area contributed by atoms with Crippen LogP contribution in [0.2, 0.25) is 10.0 Å². The molecule has 0 amide bonds. The number of carboxylic acids is 1. The maximum atomic E-state index is 12.1. The number of imidazole rings is 1. The number of hydrogen-bond acceptors (Lipinski definition) is 5. The van der Waals surface area contributed by atoms with E-state index in [1.165, 1.54) is 0 Å². The minimum absolute atomic E-state index is 0.156. The number of carboxylic acid groups (broad SMARTS) is 1. The van der Waals surface area contributed by atoms with E-state index in [-0.39, 0.29) is 6.04 Å². The van der Waals surface area contributed by atoms with Crippen molar-refractivity contribution in [2.24, 2.45) is 0 Å². The highest BCUT2D eigenvalue weighted by atomic mass is 35.5. The van der Waals surface area contributed by atoms with Crippen LogP contribution in [0, 0.1) is 0 Å². The zero-order valence-corrected chi connectivity index (χ0v) is 23.5. The van der Waals surface area contributed by atoms with Crippen LogP contribution in [0.3, 0.4) is 0 Å². The number of carbonyl (C=O) groups is 1. The van der Waals surface area contributed by atoms with Gasteiger partial charge < -0.3 is 19.9 Å². The summed E-state index contributed by atoms with van der Waals surface area (Å²) in [5.41, 5.74) is 6.97. The zero-order valence-electron chi connectivity index (χ0n) is 22.0. The molecule has 1 aliphatic carbocycles. The highest BCUT2D eigenvalue weighted by Crippen LogP contribution is 2.47. The first-order valence-corrected chi connectivity index (χ1v) is 14.2. The Hall–Kier alpha value is -3.13. The van der Waals surface area contributed by atoms with E-state index in [0.29, 0.717) is 16.6 Å². The summed E-state index contributed by atoms with van der Waals surface area (Å²) in [6.07, 6.45) is 5.86. The van der Waals surface area contributed by atoms with E-state index in [4.69, 9.17) is 28.2 Å². The number of piperazine rings is 1. The number of anilines is 1. The number of benzene rings is 2. The van der Waals surface area contributed by atoms with E-state index >= 15 is 0 Å². The Morgan fingerprint density at radius 3 is 2.56 bits per heavy atom. The maximum Gasteiger partial charge on any atom is 0.310 e. The summed E-state index contributed by atoms with van der Waals surface area (Å²) in [5, 5.41) is 14.7. The normalized spacial score (nSPS) is 17.4. The molecule has 2 N–H and O–H groups in total. The van der Waals surface area contributed by atoms with Crippen molar-refractivity contribution in [1.29, 1.82) is 0 Å². The van der Waals surface area contributed by atoms with Crippen molar-refractivity contribution in [2.75, 3.05) is 31.1 Å². The molecule has 6 rings (SSSR count). The molecule has 2 aromatic carbocycles. The molecule has 9 heteroatoms. The first kappa shape index (κ1) is 26.1. The van der Waals surface area contributed by atoms with Crippen molar-refractivity contribution in [2.45, 2.75) is 44.6 Å². The van der Waals surface area contributed by atoms with Gasteiger partial charge in [-0.3, -0.25) is 9.78 Å². The van der Waals surface area contributed by atoms with Crippen LogP contribution < -0.4 is 10.2 Å². The van der Waals surface area contributed by atoms with Crippen LogP contribution in [0.15, 0.2) is 48.9 Å². The van der Waals surface area contributed by atoms with Gasteiger partial charge in [-0.1, -0.05) is 35.3 Å². The minimum atomic E-state index is -0.867. The van der Waals surface area contributed by atoms with E-state index in [1.54, 1.807) is 19.4 Å². The first-order chi connectivity index (χ1) is 18.8. The van der Waals surface area contributed by atoms with Gasteiger partial charge in [0.25, 0.3) is 0 Å². The van der Waals surface area contributed by atoms with Crippen molar-refractivity contribution in [3.05, 3.63) is 75.7 Å². The molecule has 2 aliphatic rings. The topological polar surface area (TPSA) is 83.3 Å². The molecular formula is C30H31Cl2N5O2. The summed E-state index contributed by atoms with van der Waals surface area (Å²) in [6, 6.07) is 11.9. The number of fused-ring (bicyclic) bond motifs is 1. The zero-order chi connectivity index (χ0) is 27.3. The van der Waals surface area contributed by atoms with Crippen LogP contribution in [-0.2, 0) is 4.79 Å². The number of hydrogen-bond donors (Lipinski definition) is 2. The minimum Gasteiger partial charge on any atom is -0.481 e. The lowest BCUT2D eigenvalue weighted by Gasteiger charge is -2.30. The summed E-state index contributed by atoms with van der Waals surface area (Å²) < 4.78 is 2.07. The Morgan fingerprint density at radius 1 is 1.08 bits per heavy atom. The molecule has 0 bridgehead atoms.